The van der Waals surface area contributed by atoms with Gasteiger partial charge in [0.25, 0.3) is 0 Å². The summed E-state index contributed by atoms with van der Waals surface area (Å²) >= 11 is 1.29. The second kappa shape index (κ2) is 7.02. The minimum Gasteiger partial charge on any atom is -0.338 e. The van der Waals surface area contributed by atoms with E-state index in [0.717, 1.165) is 5.56 Å². The van der Waals surface area contributed by atoms with Gasteiger partial charge in [-0.25, -0.2) is 4.39 Å². The number of nitriles is 1. The van der Waals surface area contributed by atoms with E-state index in [1.54, 1.807) is 24.1 Å². The summed E-state index contributed by atoms with van der Waals surface area (Å²) in [6.07, 6.45) is 0. The number of halogens is 1. The smallest absolute Gasteiger partial charge is 0.232 e. The number of amides is 1. The largest absolute Gasteiger partial charge is 0.338 e. The van der Waals surface area contributed by atoms with Crippen LogP contribution in [-0.4, -0.2) is 29.4 Å². The molecule has 0 N–H and O–H groups in total. The monoisotopic (exact) mass is 266 g/mol. The molecule has 0 aliphatic heterocycles. The molecule has 0 aliphatic carbocycles. The summed E-state index contributed by atoms with van der Waals surface area (Å²) in [6.45, 7) is 1.89. The van der Waals surface area contributed by atoms with Crippen molar-refractivity contribution in [3.8, 4) is 6.07 Å². The molecule has 1 rings (SSSR count). The van der Waals surface area contributed by atoms with Crippen molar-refractivity contribution in [2.24, 2.45) is 0 Å². The number of hydrogen-bond acceptors (Lipinski definition) is 3. The molecule has 0 radical (unpaired) electrons. The van der Waals surface area contributed by atoms with E-state index < -0.39 is 0 Å². The van der Waals surface area contributed by atoms with Gasteiger partial charge in [-0.3, -0.25) is 4.79 Å². The topological polar surface area (TPSA) is 44.1 Å². The van der Waals surface area contributed by atoms with E-state index >= 15 is 0 Å². The molecule has 3 nitrogen and oxygen atoms in total. The zero-order chi connectivity index (χ0) is 13.5. The first kappa shape index (κ1) is 14.5. The van der Waals surface area contributed by atoms with Gasteiger partial charge in [-0.05, 0) is 24.6 Å². The summed E-state index contributed by atoms with van der Waals surface area (Å²) in [6, 6.07) is 7.98. The van der Waals surface area contributed by atoms with Gasteiger partial charge in [0, 0.05) is 7.05 Å². The van der Waals surface area contributed by atoms with E-state index in [-0.39, 0.29) is 23.5 Å². The number of carbonyl (C=O) groups is 1. The molecule has 0 bridgehead atoms. The third-order valence-corrected chi connectivity index (χ3v) is 3.50. The summed E-state index contributed by atoms with van der Waals surface area (Å²) < 4.78 is 12.8. The van der Waals surface area contributed by atoms with Crippen LogP contribution in [0.2, 0.25) is 0 Å². The number of benzene rings is 1. The van der Waals surface area contributed by atoms with Crippen LogP contribution in [0.4, 0.5) is 4.39 Å². The van der Waals surface area contributed by atoms with Crippen molar-refractivity contribution in [1.29, 1.82) is 5.26 Å². The number of nitrogens with zero attached hydrogens (tertiary/aromatic N) is 2. The summed E-state index contributed by atoms with van der Waals surface area (Å²) in [7, 11) is 1.71. The lowest BCUT2D eigenvalue weighted by Crippen LogP contribution is -2.31. The fourth-order valence-electron chi connectivity index (χ4n) is 1.47. The number of thioether (sulfide) groups is 1. The van der Waals surface area contributed by atoms with Crippen LogP contribution in [0.1, 0.15) is 18.5 Å². The average molecular weight is 266 g/mol. The van der Waals surface area contributed by atoms with Gasteiger partial charge >= 0.3 is 0 Å². The molecule has 5 heteroatoms. The standard InChI is InChI=1S/C13H15FN2OS/c1-10(11-3-5-12(14)6-4-11)16(2)13(17)9-18-8-7-15/h3-6,10H,8-9H2,1-2H3/t10-/m1/s1. The maximum atomic E-state index is 12.8. The van der Waals surface area contributed by atoms with E-state index in [0.29, 0.717) is 5.75 Å². The van der Waals surface area contributed by atoms with Gasteiger partial charge in [-0.1, -0.05) is 12.1 Å². The van der Waals surface area contributed by atoms with Gasteiger partial charge in [-0.2, -0.15) is 5.26 Å². The summed E-state index contributed by atoms with van der Waals surface area (Å²) in [5.74, 6) is 0.275. The van der Waals surface area contributed by atoms with Crippen LogP contribution in [0, 0.1) is 17.1 Å². The highest BCUT2D eigenvalue weighted by molar-refractivity contribution is 8.00. The van der Waals surface area contributed by atoms with Crippen LogP contribution in [0.5, 0.6) is 0 Å². The average Bonchev–Trinajstić information content (AvgIpc) is 2.38. The normalized spacial score (nSPS) is 11.7. The lowest BCUT2D eigenvalue weighted by atomic mass is 10.1. The minimum atomic E-state index is -0.287. The number of rotatable bonds is 5. The van der Waals surface area contributed by atoms with Gasteiger partial charge in [0.05, 0.1) is 23.6 Å². The molecule has 1 amide bonds. The minimum absolute atomic E-state index is 0.0351. The molecule has 0 spiro atoms. The van der Waals surface area contributed by atoms with E-state index in [1.165, 1.54) is 23.9 Å². The van der Waals surface area contributed by atoms with E-state index in [1.807, 2.05) is 13.0 Å². The van der Waals surface area contributed by atoms with Gasteiger partial charge in [0.1, 0.15) is 5.82 Å². The predicted molar refractivity (Wildman–Crippen MR) is 70.5 cm³/mol. The third-order valence-electron chi connectivity index (χ3n) is 2.72. The highest BCUT2D eigenvalue weighted by Crippen LogP contribution is 2.19. The Morgan fingerprint density at radius 1 is 1.50 bits per heavy atom. The fourth-order valence-corrected chi connectivity index (χ4v) is 2.04. The summed E-state index contributed by atoms with van der Waals surface area (Å²) in [5.41, 5.74) is 0.887. The Labute approximate surface area is 111 Å². The Balaban J connectivity index is 2.60. The van der Waals surface area contributed by atoms with Crippen LogP contribution < -0.4 is 0 Å². The molecule has 0 fully saturated rings. The first-order chi connectivity index (χ1) is 8.56. The van der Waals surface area contributed by atoms with E-state index in [9.17, 15) is 9.18 Å². The van der Waals surface area contributed by atoms with Crippen molar-refractivity contribution in [3.05, 3.63) is 35.6 Å². The van der Waals surface area contributed by atoms with Gasteiger partial charge in [0.2, 0.25) is 5.91 Å². The molecule has 1 atom stereocenters. The van der Waals surface area contributed by atoms with Gasteiger partial charge in [0.15, 0.2) is 0 Å². The Kier molecular flexibility index (Phi) is 5.66. The van der Waals surface area contributed by atoms with Crippen molar-refractivity contribution in [3.63, 3.8) is 0 Å². The van der Waals surface area contributed by atoms with Crippen LogP contribution in [0.3, 0.4) is 0 Å². The second-order valence-corrected chi connectivity index (χ2v) is 4.87. The molecule has 0 saturated heterocycles. The molecule has 1 aromatic carbocycles. The SMILES string of the molecule is C[C@H](c1ccc(F)cc1)N(C)C(=O)CSCC#N. The quantitative estimate of drug-likeness (QED) is 0.769. The zero-order valence-corrected chi connectivity index (χ0v) is 11.2. The molecule has 0 aliphatic rings. The molecule has 0 saturated carbocycles. The van der Waals surface area contributed by atoms with Crippen molar-refractivity contribution in [2.75, 3.05) is 18.6 Å². The van der Waals surface area contributed by atoms with Crippen molar-refractivity contribution >= 4 is 17.7 Å². The van der Waals surface area contributed by atoms with Crippen molar-refractivity contribution in [1.82, 2.24) is 4.90 Å². The third kappa shape index (κ3) is 4.04. The van der Waals surface area contributed by atoms with E-state index in [2.05, 4.69) is 0 Å². The molecule has 0 aromatic heterocycles. The Morgan fingerprint density at radius 2 is 2.11 bits per heavy atom. The number of hydrogen-bond donors (Lipinski definition) is 0. The first-order valence-electron chi connectivity index (χ1n) is 5.52. The lowest BCUT2D eigenvalue weighted by molar-refractivity contribution is -0.128. The Bertz CT molecular complexity index is 441. The second-order valence-electron chi connectivity index (χ2n) is 3.88. The van der Waals surface area contributed by atoms with Crippen LogP contribution in [0.25, 0.3) is 0 Å². The van der Waals surface area contributed by atoms with Crippen molar-refractivity contribution < 1.29 is 9.18 Å². The fraction of sp³-hybridized carbons (Fsp3) is 0.385. The van der Waals surface area contributed by atoms with Crippen LogP contribution >= 0.6 is 11.8 Å². The molecule has 0 unspecified atom stereocenters. The van der Waals surface area contributed by atoms with Crippen LogP contribution in [0.15, 0.2) is 24.3 Å². The molecular formula is C13H15FN2OS. The van der Waals surface area contributed by atoms with Crippen molar-refractivity contribution in [2.45, 2.75) is 13.0 Å². The molecule has 1 aromatic rings. The Hall–Kier alpha value is -1.54. The molecule has 96 valence electrons. The summed E-state index contributed by atoms with van der Waals surface area (Å²) in [5, 5.41) is 8.40. The first-order valence-corrected chi connectivity index (χ1v) is 6.67. The maximum Gasteiger partial charge on any atom is 0.232 e. The maximum absolute atomic E-state index is 12.8. The Morgan fingerprint density at radius 3 is 2.67 bits per heavy atom. The highest BCUT2D eigenvalue weighted by Gasteiger charge is 2.17. The zero-order valence-electron chi connectivity index (χ0n) is 10.4. The predicted octanol–water partition coefficient (Wildman–Crippen LogP) is 2.60. The summed E-state index contributed by atoms with van der Waals surface area (Å²) in [4.78, 5) is 13.4. The van der Waals surface area contributed by atoms with Gasteiger partial charge in [-0.15, -0.1) is 11.8 Å². The number of carbonyl (C=O) groups excluding carboxylic acids is 1. The van der Waals surface area contributed by atoms with E-state index in [4.69, 9.17) is 5.26 Å². The van der Waals surface area contributed by atoms with Crippen LogP contribution in [-0.2, 0) is 4.79 Å². The lowest BCUT2D eigenvalue weighted by Gasteiger charge is -2.25. The molecule has 18 heavy (non-hydrogen) atoms. The molecular weight excluding hydrogens is 251 g/mol. The van der Waals surface area contributed by atoms with Gasteiger partial charge < -0.3 is 4.90 Å². The highest BCUT2D eigenvalue weighted by atomic mass is 32.2. The molecule has 0 heterocycles.